The molecule has 0 unspecified atom stereocenters. The van der Waals surface area contributed by atoms with Crippen molar-refractivity contribution in [2.75, 3.05) is 32.7 Å². The van der Waals surface area contributed by atoms with Gasteiger partial charge >= 0.3 is 0 Å². The van der Waals surface area contributed by atoms with Gasteiger partial charge in [0.1, 0.15) is 0 Å². The Kier molecular flexibility index (Phi) is 7.50. The first-order valence-corrected chi connectivity index (χ1v) is 8.89. The molecule has 2 amide bonds. The van der Waals surface area contributed by atoms with Crippen molar-refractivity contribution in [2.24, 2.45) is 0 Å². The first-order chi connectivity index (χ1) is 12.6. The third-order valence-corrected chi connectivity index (χ3v) is 4.33. The maximum Gasteiger partial charge on any atom is 0.268 e. The molecular formula is C19H26N4O3. The summed E-state index contributed by atoms with van der Waals surface area (Å²) in [5.74, 6) is -0.401. The Morgan fingerprint density at radius 1 is 1.23 bits per heavy atom. The van der Waals surface area contributed by atoms with E-state index in [0.717, 1.165) is 12.8 Å². The fourth-order valence-corrected chi connectivity index (χ4v) is 2.86. The minimum Gasteiger partial charge on any atom is -0.298 e. The molecule has 1 aromatic carbocycles. The molecule has 140 valence electrons. The number of rotatable bonds is 8. The van der Waals surface area contributed by atoms with Crippen molar-refractivity contribution < 1.29 is 14.4 Å². The fraction of sp³-hybridized carbons (Fsp3) is 0.421. The van der Waals surface area contributed by atoms with Crippen molar-refractivity contribution in [3.8, 4) is 0 Å². The molecule has 0 saturated carbocycles. The highest BCUT2D eigenvalue weighted by Crippen LogP contribution is 2.15. The van der Waals surface area contributed by atoms with E-state index >= 15 is 0 Å². The monoisotopic (exact) mass is 358 g/mol. The average Bonchev–Trinajstić information content (AvgIpc) is 2.69. The molecule has 7 nitrogen and oxygen atoms in total. The number of carbonyl (C=O) groups excluding carboxylic acids is 3. The Morgan fingerprint density at radius 2 is 1.92 bits per heavy atom. The fourth-order valence-electron chi connectivity index (χ4n) is 2.86. The van der Waals surface area contributed by atoms with E-state index in [0.29, 0.717) is 50.1 Å². The maximum atomic E-state index is 13.1. The van der Waals surface area contributed by atoms with Crippen LogP contribution in [0.1, 0.15) is 40.5 Å². The molecule has 1 aliphatic rings. The minimum atomic E-state index is -0.239. The smallest absolute Gasteiger partial charge is 0.268 e. The van der Waals surface area contributed by atoms with Crippen molar-refractivity contribution in [2.45, 2.75) is 19.8 Å². The molecule has 0 aliphatic carbocycles. The highest BCUT2D eigenvalue weighted by Gasteiger charge is 2.27. The predicted molar refractivity (Wildman–Crippen MR) is 99.3 cm³/mol. The lowest BCUT2D eigenvalue weighted by Crippen LogP contribution is -2.59. The SMILES string of the molecule is C=CC(=O)NN1CCN(N(CCCC)C(=O)c2ccccc2C=O)CC1. The van der Waals surface area contributed by atoms with Gasteiger partial charge in [-0.15, -0.1) is 0 Å². The highest BCUT2D eigenvalue weighted by atomic mass is 16.2. The molecule has 0 aromatic heterocycles. The molecule has 2 rings (SSSR count). The Labute approximate surface area is 154 Å². The standard InChI is InChI=1S/C19H26N4O3/c1-3-5-10-23(19(26)17-9-7-6-8-16(17)15-24)22-13-11-21(12-14-22)20-18(25)4-2/h4,6-9,15H,2-3,5,10-14H2,1H3,(H,20,25). The van der Waals surface area contributed by atoms with Gasteiger partial charge in [0.15, 0.2) is 6.29 Å². The van der Waals surface area contributed by atoms with Crippen LogP contribution >= 0.6 is 0 Å². The van der Waals surface area contributed by atoms with E-state index < -0.39 is 0 Å². The van der Waals surface area contributed by atoms with E-state index in [-0.39, 0.29) is 11.8 Å². The number of nitrogens with zero attached hydrogens (tertiary/aromatic N) is 3. The van der Waals surface area contributed by atoms with Gasteiger partial charge in [0.05, 0.1) is 5.56 Å². The summed E-state index contributed by atoms with van der Waals surface area (Å²) >= 11 is 0. The zero-order valence-corrected chi connectivity index (χ0v) is 15.2. The van der Waals surface area contributed by atoms with Crippen LogP contribution in [0.25, 0.3) is 0 Å². The number of hydrogen-bond acceptors (Lipinski definition) is 5. The molecule has 1 fully saturated rings. The molecule has 26 heavy (non-hydrogen) atoms. The first kappa shape index (κ1) is 19.8. The summed E-state index contributed by atoms with van der Waals surface area (Å²) in [5, 5.41) is 5.55. The number of hydrazine groups is 2. The summed E-state index contributed by atoms with van der Waals surface area (Å²) in [6, 6.07) is 6.85. The second-order valence-electron chi connectivity index (χ2n) is 6.11. The molecule has 7 heteroatoms. The van der Waals surface area contributed by atoms with Gasteiger partial charge < -0.3 is 0 Å². The van der Waals surface area contributed by atoms with Crippen LogP contribution in [0.3, 0.4) is 0 Å². The van der Waals surface area contributed by atoms with E-state index in [1.165, 1.54) is 6.08 Å². The van der Waals surface area contributed by atoms with Gasteiger partial charge in [-0.05, 0) is 18.6 Å². The van der Waals surface area contributed by atoms with Gasteiger partial charge in [-0.1, -0.05) is 38.1 Å². The third kappa shape index (κ3) is 5.00. The van der Waals surface area contributed by atoms with E-state index in [4.69, 9.17) is 0 Å². The lowest BCUT2D eigenvalue weighted by Gasteiger charge is -2.41. The highest BCUT2D eigenvalue weighted by molar-refractivity contribution is 6.01. The minimum absolute atomic E-state index is 0.162. The molecule has 0 bridgehead atoms. The lowest BCUT2D eigenvalue weighted by molar-refractivity contribution is -0.123. The zero-order valence-electron chi connectivity index (χ0n) is 15.2. The second-order valence-corrected chi connectivity index (χ2v) is 6.11. The van der Waals surface area contributed by atoms with Crippen molar-refractivity contribution in [3.05, 3.63) is 48.0 Å². The van der Waals surface area contributed by atoms with Crippen molar-refractivity contribution in [1.82, 2.24) is 20.5 Å². The van der Waals surface area contributed by atoms with Crippen LogP contribution < -0.4 is 5.43 Å². The van der Waals surface area contributed by atoms with Gasteiger partial charge in [-0.25, -0.2) is 10.0 Å². The Balaban J connectivity index is 2.10. The second kappa shape index (κ2) is 9.84. The number of unbranched alkanes of at least 4 members (excludes halogenated alkanes) is 1. The topological polar surface area (TPSA) is 73.0 Å². The molecule has 1 aliphatic heterocycles. The van der Waals surface area contributed by atoms with E-state index in [1.807, 2.05) is 10.0 Å². The number of benzene rings is 1. The van der Waals surface area contributed by atoms with E-state index in [2.05, 4.69) is 18.9 Å². The van der Waals surface area contributed by atoms with Crippen LogP contribution in [0.4, 0.5) is 0 Å². The molecule has 1 heterocycles. The molecule has 1 saturated heterocycles. The van der Waals surface area contributed by atoms with Crippen LogP contribution in [0, 0.1) is 0 Å². The zero-order chi connectivity index (χ0) is 18.9. The summed E-state index contributed by atoms with van der Waals surface area (Å²) < 4.78 is 0. The van der Waals surface area contributed by atoms with Gasteiger partial charge in [0.2, 0.25) is 0 Å². The summed E-state index contributed by atoms with van der Waals surface area (Å²) in [6.45, 7) is 8.54. The van der Waals surface area contributed by atoms with Crippen LogP contribution in [0.5, 0.6) is 0 Å². The Hall–Kier alpha value is -2.51. The van der Waals surface area contributed by atoms with Crippen LogP contribution in [0.2, 0.25) is 0 Å². The molecular weight excluding hydrogens is 332 g/mol. The number of hydrogen-bond donors (Lipinski definition) is 1. The summed E-state index contributed by atoms with van der Waals surface area (Å²) in [7, 11) is 0. The quantitative estimate of drug-likeness (QED) is 0.563. The molecule has 0 spiro atoms. The third-order valence-electron chi connectivity index (χ3n) is 4.33. The van der Waals surface area contributed by atoms with Crippen LogP contribution in [-0.2, 0) is 4.79 Å². The Bertz CT molecular complexity index is 654. The summed E-state index contributed by atoms with van der Waals surface area (Å²) in [4.78, 5) is 35.8. The maximum absolute atomic E-state index is 13.1. The predicted octanol–water partition coefficient (Wildman–Crippen LogP) is 1.49. The molecule has 1 aromatic rings. The first-order valence-electron chi connectivity index (χ1n) is 8.89. The lowest BCUT2D eigenvalue weighted by atomic mass is 10.1. The Morgan fingerprint density at radius 3 is 2.54 bits per heavy atom. The van der Waals surface area contributed by atoms with Crippen molar-refractivity contribution >= 4 is 18.1 Å². The van der Waals surface area contributed by atoms with Gasteiger partial charge in [-0.2, -0.15) is 0 Å². The average molecular weight is 358 g/mol. The van der Waals surface area contributed by atoms with Gasteiger partial charge in [0.25, 0.3) is 11.8 Å². The number of aldehydes is 1. The van der Waals surface area contributed by atoms with Crippen LogP contribution in [0.15, 0.2) is 36.9 Å². The van der Waals surface area contributed by atoms with Crippen molar-refractivity contribution in [3.63, 3.8) is 0 Å². The number of amides is 2. The number of piperazine rings is 1. The van der Waals surface area contributed by atoms with Gasteiger partial charge in [-0.3, -0.25) is 24.8 Å². The van der Waals surface area contributed by atoms with E-state index in [1.54, 1.807) is 29.3 Å². The number of nitrogens with one attached hydrogen (secondary N) is 1. The number of carbonyl (C=O) groups is 3. The van der Waals surface area contributed by atoms with E-state index in [9.17, 15) is 14.4 Å². The summed E-state index contributed by atoms with van der Waals surface area (Å²) in [5.41, 5.74) is 3.57. The largest absolute Gasteiger partial charge is 0.298 e. The summed E-state index contributed by atoms with van der Waals surface area (Å²) in [6.07, 6.45) is 3.80. The van der Waals surface area contributed by atoms with Gasteiger partial charge in [0, 0.05) is 38.3 Å². The molecule has 1 N–H and O–H groups in total. The molecule has 0 atom stereocenters. The van der Waals surface area contributed by atoms with Crippen molar-refractivity contribution in [1.29, 1.82) is 0 Å². The molecule has 0 radical (unpaired) electrons. The van der Waals surface area contributed by atoms with Crippen LogP contribution in [-0.4, -0.2) is 65.9 Å². The normalized spacial score (nSPS) is 15.3.